The number of nitrogens with zero attached hydrogens (tertiary/aromatic N) is 2. The molecular weight excluding hydrogens is 408 g/mol. The number of rotatable bonds is 5. The lowest BCUT2D eigenvalue weighted by molar-refractivity contribution is -0.923. The molecule has 0 aliphatic carbocycles. The SMILES string of the molecule is CC[N+]1(CC)CCN(c2ccc(Cl)cc2)CC(c2cc(C)ccc2S(=O)(=O)O)C1. The second kappa shape index (κ2) is 8.64. The third-order valence-electron chi connectivity index (χ3n) is 6.31. The van der Waals surface area contributed by atoms with Crippen LogP contribution in [-0.4, -0.2) is 56.7 Å². The number of aryl methyl sites for hydroxylation is 1. The zero-order valence-electron chi connectivity index (χ0n) is 17.3. The first-order chi connectivity index (χ1) is 13.7. The highest BCUT2D eigenvalue weighted by Gasteiger charge is 2.36. The summed E-state index contributed by atoms with van der Waals surface area (Å²) in [5, 5.41) is 0.694. The van der Waals surface area contributed by atoms with Gasteiger partial charge in [-0.1, -0.05) is 29.3 Å². The molecule has 7 heteroatoms. The second-order valence-corrected chi connectivity index (χ2v) is 9.84. The molecule has 1 aliphatic heterocycles. The van der Waals surface area contributed by atoms with E-state index in [0.717, 1.165) is 48.5 Å². The Labute approximate surface area is 179 Å². The van der Waals surface area contributed by atoms with Crippen LogP contribution in [0.4, 0.5) is 5.69 Å². The average molecular weight is 438 g/mol. The van der Waals surface area contributed by atoms with Gasteiger partial charge < -0.3 is 9.38 Å². The first-order valence-corrected chi connectivity index (χ1v) is 11.9. The minimum absolute atomic E-state index is 0.0232. The molecule has 5 nitrogen and oxygen atoms in total. The summed E-state index contributed by atoms with van der Waals surface area (Å²) in [6.07, 6.45) is 0. The molecule has 1 aliphatic rings. The van der Waals surface area contributed by atoms with E-state index in [2.05, 4.69) is 18.7 Å². The van der Waals surface area contributed by atoms with Crippen molar-refractivity contribution in [3.05, 3.63) is 58.6 Å². The first kappa shape index (κ1) is 22.1. The summed E-state index contributed by atoms with van der Waals surface area (Å²) in [6.45, 7) is 11.7. The number of likely N-dealkylation sites (N-methyl/N-ethyl adjacent to an activating group) is 1. The van der Waals surface area contributed by atoms with Crippen molar-refractivity contribution >= 4 is 27.4 Å². The van der Waals surface area contributed by atoms with Crippen LogP contribution in [0.3, 0.4) is 0 Å². The van der Waals surface area contributed by atoms with Gasteiger partial charge in [0, 0.05) is 17.3 Å². The van der Waals surface area contributed by atoms with Crippen molar-refractivity contribution in [2.75, 3.05) is 44.2 Å². The van der Waals surface area contributed by atoms with Crippen molar-refractivity contribution < 1.29 is 17.5 Å². The smallest absolute Gasteiger partial charge is 0.294 e. The molecule has 29 heavy (non-hydrogen) atoms. The Morgan fingerprint density at radius 3 is 2.38 bits per heavy atom. The van der Waals surface area contributed by atoms with Gasteiger partial charge in [0.05, 0.1) is 43.5 Å². The molecule has 1 saturated heterocycles. The minimum atomic E-state index is -4.29. The molecule has 1 heterocycles. The number of quaternary nitrogens is 1. The Morgan fingerprint density at radius 2 is 1.79 bits per heavy atom. The standard InChI is InChI=1S/C22H29ClN2O3S/c1-4-25(5-2)13-12-24(20-9-7-19(23)8-10-20)15-18(16-25)21-14-17(3)6-11-22(21)29(26,27)28/h6-11,14,18H,4-5,12-13,15-16H2,1-3H3/p+1. The fourth-order valence-electron chi connectivity index (χ4n) is 4.41. The third-order valence-corrected chi connectivity index (χ3v) is 7.49. The average Bonchev–Trinajstić information content (AvgIpc) is 2.88. The Hall–Kier alpha value is -1.60. The van der Waals surface area contributed by atoms with Crippen LogP contribution in [0.15, 0.2) is 47.4 Å². The quantitative estimate of drug-likeness (QED) is 0.557. The monoisotopic (exact) mass is 437 g/mol. The van der Waals surface area contributed by atoms with Crippen LogP contribution in [0.5, 0.6) is 0 Å². The summed E-state index contributed by atoms with van der Waals surface area (Å²) in [5.74, 6) is -0.0232. The molecule has 0 saturated carbocycles. The van der Waals surface area contributed by atoms with Crippen molar-refractivity contribution in [2.24, 2.45) is 0 Å². The van der Waals surface area contributed by atoms with Crippen molar-refractivity contribution in [3.63, 3.8) is 0 Å². The van der Waals surface area contributed by atoms with Crippen LogP contribution in [0, 0.1) is 6.92 Å². The molecule has 1 fully saturated rings. The van der Waals surface area contributed by atoms with Crippen molar-refractivity contribution in [3.8, 4) is 0 Å². The summed E-state index contributed by atoms with van der Waals surface area (Å²) >= 11 is 6.07. The zero-order valence-corrected chi connectivity index (χ0v) is 18.9. The van der Waals surface area contributed by atoms with E-state index in [1.54, 1.807) is 6.07 Å². The molecule has 158 valence electrons. The van der Waals surface area contributed by atoms with Gasteiger partial charge >= 0.3 is 0 Å². The van der Waals surface area contributed by atoms with E-state index in [1.807, 2.05) is 37.3 Å². The van der Waals surface area contributed by atoms with Gasteiger partial charge in [-0.2, -0.15) is 8.42 Å². The highest BCUT2D eigenvalue weighted by atomic mass is 35.5. The van der Waals surface area contributed by atoms with Crippen LogP contribution in [0.2, 0.25) is 5.02 Å². The van der Waals surface area contributed by atoms with Gasteiger partial charge in [0.25, 0.3) is 10.1 Å². The minimum Gasteiger partial charge on any atom is -0.365 e. The van der Waals surface area contributed by atoms with Crippen LogP contribution in [-0.2, 0) is 10.1 Å². The lowest BCUT2D eigenvalue weighted by Gasteiger charge is -2.37. The van der Waals surface area contributed by atoms with Crippen molar-refractivity contribution in [1.82, 2.24) is 0 Å². The fourth-order valence-corrected chi connectivity index (χ4v) is 5.30. The van der Waals surface area contributed by atoms with Crippen LogP contribution in [0.25, 0.3) is 0 Å². The lowest BCUT2D eigenvalue weighted by atomic mass is 9.95. The number of anilines is 1. The summed E-state index contributed by atoms with van der Waals surface area (Å²) in [5.41, 5.74) is 2.77. The number of hydrogen-bond donors (Lipinski definition) is 1. The van der Waals surface area contributed by atoms with E-state index >= 15 is 0 Å². The Bertz CT molecular complexity index is 957. The molecule has 2 aromatic rings. The summed E-state index contributed by atoms with van der Waals surface area (Å²) in [7, 11) is -4.29. The molecular formula is C22H30ClN2O3S+. The van der Waals surface area contributed by atoms with E-state index in [0.29, 0.717) is 17.1 Å². The van der Waals surface area contributed by atoms with Gasteiger partial charge in [-0.3, -0.25) is 4.55 Å². The molecule has 1 unspecified atom stereocenters. The van der Waals surface area contributed by atoms with E-state index in [4.69, 9.17) is 11.6 Å². The first-order valence-electron chi connectivity index (χ1n) is 10.1. The Kier molecular flexibility index (Phi) is 6.58. The van der Waals surface area contributed by atoms with Gasteiger partial charge in [-0.05, 0) is 56.7 Å². The number of benzene rings is 2. The summed E-state index contributed by atoms with van der Waals surface area (Å²) < 4.78 is 35.0. The molecule has 1 atom stereocenters. The largest absolute Gasteiger partial charge is 0.365 e. The van der Waals surface area contributed by atoms with E-state index in [1.165, 1.54) is 6.07 Å². The molecule has 0 aromatic heterocycles. The van der Waals surface area contributed by atoms with Crippen LogP contribution < -0.4 is 4.90 Å². The van der Waals surface area contributed by atoms with E-state index < -0.39 is 10.1 Å². The van der Waals surface area contributed by atoms with Crippen molar-refractivity contribution in [1.29, 1.82) is 0 Å². The highest BCUT2D eigenvalue weighted by molar-refractivity contribution is 7.85. The maximum Gasteiger partial charge on any atom is 0.294 e. The summed E-state index contributed by atoms with van der Waals surface area (Å²) in [4.78, 5) is 2.33. The lowest BCUT2D eigenvalue weighted by Crippen LogP contribution is -2.51. The number of halogens is 1. The van der Waals surface area contributed by atoms with E-state index in [-0.39, 0.29) is 10.8 Å². The molecule has 1 N–H and O–H groups in total. The molecule has 3 rings (SSSR count). The maximum atomic E-state index is 12.1. The summed E-state index contributed by atoms with van der Waals surface area (Å²) in [6, 6.07) is 13.0. The maximum absolute atomic E-state index is 12.1. The highest BCUT2D eigenvalue weighted by Crippen LogP contribution is 2.33. The van der Waals surface area contributed by atoms with Crippen LogP contribution in [0.1, 0.15) is 30.9 Å². The van der Waals surface area contributed by atoms with Gasteiger partial charge in [-0.25, -0.2) is 0 Å². The van der Waals surface area contributed by atoms with Gasteiger partial charge in [0.1, 0.15) is 0 Å². The van der Waals surface area contributed by atoms with Gasteiger partial charge in [0.15, 0.2) is 0 Å². The molecule has 2 aromatic carbocycles. The zero-order chi connectivity index (χ0) is 21.2. The molecule has 0 radical (unpaired) electrons. The van der Waals surface area contributed by atoms with Crippen molar-refractivity contribution in [2.45, 2.75) is 31.6 Å². The predicted molar refractivity (Wildman–Crippen MR) is 118 cm³/mol. The normalized spacial score (nSPS) is 19.8. The molecule has 0 spiro atoms. The topological polar surface area (TPSA) is 57.6 Å². The molecule has 0 amide bonds. The van der Waals surface area contributed by atoms with Gasteiger partial charge in [-0.15, -0.1) is 0 Å². The van der Waals surface area contributed by atoms with E-state index in [9.17, 15) is 13.0 Å². The van der Waals surface area contributed by atoms with Gasteiger partial charge in [0.2, 0.25) is 0 Å². The predicted octanol–water partition coefficient (Wildman–Crippen LogP) is 4.36. The third kappa shape index (κ3) is 4.94. The second-order valence-electron chi connectivity index (χ2n) is 8.02. The number of hydrogen-bond acceptors (Lipinski definition) is 3. The van der Waals surface area contributed by atoms with Crippen LogP contribution >= 0.6 is 11.6 Å². The fraction of sp³-hybridized carbons (Fsp3) is 0.455. The molecule has 0 bridgehead atoms. The Balaban J connectivity index is 2.09. The Morgan fingerprint density at radius 1 is 1.14 bits per heavy atom.